The zero-order chi connectivity index (χ0) is 12.6. The average molecular weight is 252 g/mol. The van der Waals surface area contributed by atoms with Crippen LogP contribution in [-0.2, 0) is 6.54 Å². The largest absolute Gasteiger partial charge is 0.326 e. The molecule has 0 atom stereocenters. The summed E-state index contributed by atoms with van der Waals surface area (Å²) in [5.41, 5.74) is 8.76. The minimum absolute atomic E-state index is 0.139. The van der Waals surface area contributed by atoms with Gasteiger partial charge in [-0.2, -0.15) is 0 Å². The third-order valence-corrected chi connectivity index (χ3v) is 3.10. The number of benzene rings is 1. The molecule has 90 valence electrons. The lowest BCUT2D eigenvalue weighted by molar-refractivity contribution is 0.827. The SMILES string of the molecule is Cc1cc(Cl)ccc1-n1[nH]c(=O)c(CN)c1C. The molecule has 0 amide bonds. The zero-order valence-corrected chi connectivity index (χ0v) is 10.5. The fourth-order valence-electron chi connectivity index (χ4n) is 1.90. The Hall–Kier alpha value is -1.52. The fraction of sp³-hybridized carbons (Fsp3) is 0.250. The molecule has 0 aliphatic rings. The summed E-state index contributed by atoms with van der Waals surface area (Å²) in [6, 6.07) is 5.53. The molecule has 0 radical (unpaired) electrons. The molecule has 1 aromatic carbocycles. The monoisotopic (exact) mass is 251 g/mol. The number of nitrogens with two attached hydrogens (primary N) is 1. The van der Waals surface area contributed by atoms with Gasteiger partial charge >= 0.3 is 0 Å². The summed E-state index contributed by atoms with van der Waals surface area (Å²) in [5, 5.41) is 3.46. The van der Waals surface area contributed by atoms with Crippen molar-refractivity contribution in [2.24, 2.45) is 5.73 Å². The maximum atomic E-state index is 11.7. The lowest BCUT2D eigenvalue weighted by Gasteiger charge is -2.09. The second kappa shape index (κ2) is 4.39. The van der Waals surface area contributed by atoms with Crippen LogP contribution in [0.15, 0.2) is 23.0 Å². The van der Waals surface area contributed by atoms with Crippen molar-refractivity contribution in [2.75, 3.05) is 0 Å². The smallest absolute Gasteiger partial charge is 0.269 e. The minimum atomic E-state index is -0.139. The minimum Gasteiger partial charge on any atom is -0.326 e. The van der Waals surface area contributed by atoms with Crippen LogP contribution in [0.3, 0.4) is 0 Å². The van der Waals surface area contributed by atoms with Gasteiger partial charge in [-0.15, -0.1) is 0 Å². The van der Waals surface area contributed by atoms with E-state index in [0.717, 1.165) is 16.9 Å². The van der Waals surface area contributed by atoms with Gasteiger partial charge in [0.2, 0.25) is 0 Å². The van der Waals surface area contributed by atoms with E-state index in [1.807, 2.05) is 26.0 Å². The molecular weight excluding hydrogens is 238 g/mol. The first-order valence-electron chi connectivity index (χ1n) is 5.31. The highest BCUT2D eigenvalue weighted by molar-refractivity contribution is 6.30. The topological polar surface area (TPSA) is 63.8 Å². The molecule has 0 aliphatic carbocycles. The quantitative estimate of drug-likeness (QED) is 0.856. The van der Waals surface area contributed by atoms with Crippen molar-refractivity contribution in [1.82, 2.24) is 9.78 Å². The van der Waals surface area contributed by atoms with Crippen LogP contribution in [0.1, 0.15) is 16.8 Å². The third-order valence-electron chi connectivity index (χ3n) is 2.86. The third kappa shape index (κ3) is 2.01. The average Bonchev–Trinajstić information content (AvgIpc) is 2.54. The Kier molecular flexibility index (Phi) is 3.09. The number of hydrogen-bond donors (Lipinski definition) is 2. The van der Waals surface area contributed by atoms with E-state index in [1.54, 1.807) is 10.7 Å². The molecule has 0 unspecified atom stereocenters. The van der Waals surface area contributed by atoms with Crippen LogP contribution in [-0.4, -0.2) is 9.78 Å². The Labute approximate surface area is 104 Å². The zero-order valence-electron chi connectivity index (χ0n) is 9.75. The molecule has 0 saturated carbocycles. The number of rotatable bonds is 2. The van der Waals surface area contributed by atoms with Crippen LogP contribution < -0.4 is 11.3 Å². The van der Waals surface area contributed by atoms with Crippen molar-refractivity contribution in [1.29, 1.82) is 0 Å². The van der Waals surface area contributed by atoms with Crippen molar-refractivity contribution in [3.05, 3.63) is 50.4 Å². The van der Waals surface area contributed by atoms with Crippen LogP contribution >= 0.6 is 11.6 Å². The number of nitrogens with zero attached hydrogens (tertiary/aromatic N) is 1. The van der Waals surface area contributed by atoms with Gasteiger partial charge in [0.05, 0.1) is 11.3 Å². The summed E-state index contributed by atoms with van der Waals surface area (Å²) < 4.78 is 1.75. The van der Waals surface area contributed by atoms with Crippen molar-refractivity contribution in [2.45, 2.75) is 20.4 Å². The van der Waals surface area contributed by atoms with Crippen molar-refractivity contribution in [3.63, 3.8) is 0 Å². The standard InChI is InChI=1S/C12H14ClN3O/c1-7-5-9(13)3-4-11(7)16-8(2)10(6-14)12(17)15-16/h3-5H,6,14H2,1-2H3,(H,15,17). The summed E-state index contributed by atoms with van der Waals surface area (Å²) in [6.45, 7) is 4.05. The molecule has 3 N–H and O–H groups in total. The molecule has 4 nitrogen and oxygen atoms in total. The summed E-state index contributed by atoms with van der Waals surface area (Å²) >= 11 is 5.91. The van der Waals surface area contributed by atoms with Crippen LogP contribution in [0.25, 0.3) is 5.69 Å². The van der Waals surface area contributed by atoms with E-state index in [4.69, 9.17) is 17.3 Å². The fourth-order valence-corrected chi connectivity index (χ4v) is 2.13. The molecule has 2 aromatic rings. The molecular formula is C12H14ClN3O. The number of H-pyrrole nitrogens is 1. The van der Waals surface area contributed by atoms with Gasteiger partial charge < -0.3 is 5.73 Å². The van der Waals surface area contributed by atoms with Crippen molar-refractivity contribution in [3.8, 4) is 5.69 Å². The van der Waals surface area contributed by atoms with Crippen LogP contribution in [0, 0.1) is 13.8 Å². The van der Waals surface area contributed by atoms with Gasteiger partial charge in [0.1, 0.15) is 0 Å². The molecule has 2 rings (SSSR count). The Morgan fingerprint density at radius 1 is 1.41 bits per heavy atom. The number of aromatic amines is 1. The number of halogens is 1. The van der Waals surface area contributed by atoms with Gasteiger partial charge in [-0.05, 0) is 37.6 Å². The Morgan fingerprint density at radius 2 is 2.12 bits per heavy atom. The van der Waals surface area contributed by atoms with E-state index in [1.165, 1.54) is 0 Å². The first kappa shape index (κ1) is 12.0. The Bertz CT molecular complexity index is 613. The summed E-state index contributed by atoms with van der Waals surface area (Å²) in [5.74, 6) is 0. The van der Waals surface area contributed by atoms with E-state index in [9.17, 15) is 4.79 Å². The van der Waals surface area contributed by atoms with E-state index in [2.05, 4.69) is 5.10 Å². The molecule has 1 heterocycles. The lowest BCUT2D eigenvalue weighted by atomic mass is 10.2. The first-order valence-corrected chi connectivity index (χ1v) is 5.69. The van der Waals surface area contributed by atoms with Gasteiger partial charge in [0.15, 0.2) is 0 Å². The molecule has 0 fully saturated rings. The summed E-state index contributed by atoms with van der Waals surface area (Å²) in [7, 11) is 0. The van der Waals surface area contributed by atoms with Gasteiger partial charge in [-0.3, -0.25) is 14.6 Å². The van der Waals surface area contributed by atoms with Crippen LogP contribution in [0.5, 0.6) is 0 Å². The molecule has 17 heavy (non-hydrogen) atoms. The summed E-state index contributed by atoms with van der Waals surface area (Å²) in [6.07, 6.45) is 0. The lowest BCUT2D eigenvalue weighted by Crippen LogP contribution is -2.10. The van der Waals surface area contributed by atoms with Gasteiger partial charge in [-0.25, -0.2) is 0 Å². The molecule has 0 bridgehead atoms. The van der Waals surface area contributed by atoms with E-state index in [-0.39, 0.29) is 12.1 Å². The Morgan fingerprint density at radius 3 is 2.65 bits per heavy atom. The summed E-state index contributed by atoms with van der Waals surface area (Å²) in [4.78, 5) is 11.7. The Balaban J connectivity index is 2.65. The molecule has 1 aromatic heterocycles. The van der Waals surface area contributed by atoms with Gasteiger partial charge in [0, 0.05) is 17.3 Å². The number of aryl methyl sites for hydroxylation is 1. The van der Waals surface area contributed by atoms with Crippen molar-refractivity contribution >= 4 is 11.6 Å². The van der Waals surface area contributed by atoms with Crippen LogP contribution in [0.4, 0.5) is 0 Å². The molecule has 0 aliphatic heterocycles. The number of hydrogen-bond acceptors (Lipinski definition) is 2. The van der Waals surface area contributed by atoms with E-state index < -0.39 is 0 Å². The number of nitrogens with one attached hydrogen (secondary N) is 1. The van der Waals surface area contributed by atoms with Crippen LogP contribution in [0.2, 0.25) is 5.02 Å². The second-order valence-corrected chi connectivity index (χ2v) is 4.41. The van der Waals surface area contributed by atoms with Gasteiger partial charge in [-0.1, -0.05) is 11.6 Å². The highest BCUT2D eigenvalue weighted by Gasteiger charge is 2.11. The maximum Gasteiger partial charge on any atom is 0.269 e. The molecule has 5 heteroatoms. The highest BCUT2D eigenvalue weighted by Crippen LogP contribution is 2.19. The van der Waals surface area contributed by atoms with Gasteiger partial charge in [0.25, 0.3) is 5.56 Å². The van der Waals surface area contributed by atoms with Crippen molar-refractivity contribution < 1.29 is 0 Å². The second-order valence-electron chi connectivity index (χ2n) is 3.98. The highest BCUT2D eigenvalue weighted by atomic mass is 35.5. The molecule has 0 spiro atoms. The molecule has 0 saturated heterocycles. The number of aromatic nitrogens is 2. The first-order chi connectivity index (χ1) is 8.04. The van der Waals surface area contributed by atoms with E-state index in [0.29, 0.717) is 10.6 Å². The normalized spacial score (nSPS) is 10.8. The van der Waals surface area contributed by atoms with E-state index >= 15 is 0 Å². The predicted molar refractivity (Wildman–Crippen MR) is 68.8 cm³/mol. The maximum absolute atomic E-state index is 11.7. The predicted octanol–water partition coefficient (Wildman–Crippen LogP) is 1.89.